The second-order valence-corrected chi connectivity index (χ2v) is 6.61. The van der Waals surface area contributed by atoms with E-state index in [0.717, 1.165) is 25.8 Å². The summed E-state index contributed by atoms with van der Waals surface area (Å²) in [4.78, 5) is 14.0. The van der Waals surface area contributed by atoms with Gasteiger partial charge in [-0.15, -0.1) is 0 Å². The van der Waals surface area contributed by atoms with Gasteiger partial charge in [0.15, 0.2) is 0 Å². The van der Waals surface area contributed by atoms with Crippen LogP contribution in [0.1, 0.15) is 59.3 Å². The maximum Gasteiger partial charge on any atom is 0.323 e. The van der Waals surface area contributed by atoms with Crippen molar-refractivity contribution in [3.05, 3.63) is 0 Å². The molecule has 2 rings (SSSR count). The molecule has 0 aromatic rings. The van der Waals surface area contributed by atoms with Crippen molar-refractivity contribution in [3.8, 4) is 0 Å². The Morgan fingerprint density at radius 3 is 2.33 bits per heavy atom. The molecule has 0 aromatic carbocycles. The number of likely N-dealkylation sites (tertiary alicyclic amines) is 1. The topological polar surface area (TPSA) is 40.5 Å². The molecular weight excluding hydrogens is 226 g/mol. The fraction of sp³-hybridized carbons (Fsp3) is 0.933. The monoisotopic (exact) mass is 253 g/mol. The lowest BCUT2D eigenvalue weighted by Crippen LogP contribution is -2.62. The molecule has 104 valence electrons. The number of hydrogen-bond acceptors (Lipinski definition) is 2. The number of nitrogens with zero attached hydrogens (tertiary/aromatic N) is 1. The van der Waals surface area contributed by atoms with Crippen LogP contribution in [-0.4, -0.2) is 34.1 Å². The van der Waals surface area contributed by atoms with Gasteiger partial charge in [-0.25, -0.2) is 0 Å². The van der Waals surface area contributed by atoms with Gasteiger partial charge in [-0.1, -0.05) is 20.3 Å². The van der Waals surface area contributed by atoms with Crippen molar-refractivity contribution < 1.29 is 9.90 Å². The fourth-order valence-corrected chi connectivity index (χ4v) is 4.13. The van der Waals surface area contributed by atoms with Crippen molar-refractivity contribution in [1.82, 2.24) is 4.90 Å². The van der Waals surface area contributed by atoms with E-state index in [-0.39, 0.29) is 0 Å². The molecule has 1 N–H and O–H groups in total. The van der Waals surface area contributed by atoms with Crippen LogP contribution < -0.4 is 0 Å². The third-order valence-electron chi connectivity index (χ3n) is 5.25. The molecule has 0 radical (unpaired) electrons. The van der Waals surface area contributed by atoms with Crippen molar-refractivity contribution in [1.29, 1.82) is 0 Å². The molecule has 3 nitrogen and oxygen atoms in total. The van der Waals surface area contributed by atoms with E-state index in [2.05, 4.69) is 18.7 Å². The summed E-state index contributed by atoms with van der Waals surface area (Å²) in [5.74, 6) is 0.628. The molecule has 3 unspecified atom stereocenters. The van der Waals surface area contributed by atoms with Gasteiger partial charge in [0.2, 0.25) is 0 Å². The lowest BCUT2D eigenvalue weighted by molar-refractivity contribution is -0.158. The Morgan fingerprint density at radius 1 is 1.17 bits per heavy atom. The van der Waals surface area contributed by atoms with Crippen LogP contribution in [0.3, 0.4) is 0 Å². The number of piperidine rings is 1. The first-order chi connectivity index (χ1) is 8.47. The van der Waals surface area contributed by atoms with Gasteiger partial charge in [-0.2, -0.15) is 0 Å². The van der Waals surface area contributed by atoms with Crippen LogP contribution in [0.5, 0.6) is 0 Å². The zero-order valence-corrected chi connectivity index (χ0v) is 12.0. The Morgan fingerprint density at radius 2 is 1.78 bits per heavy atom. The van der Waals surface area contributed by atoms with Crippen molar-refractivity contribution in [3.63, 3.8) is 0 Å². The van der Waals surface area contributed by atoms with Gasteiger partial charge >= 0.3 is 5.97 Å². The van der Waals surface area contributed by atoms with E-state index in [0.29, 0.717) is 17.9 Å². The molecule has 1 aliphatic heterocycles. The van der Waals surface area contributed by atoms with Gasteiger partial charge in [0, 0.05) is 6.04 Å². The standard InChI is InChI=1S/C15H27NO2/c1-11-7-6-8-12(2)13(11)16-10-5-4-9-15(16,3)14(17)18/h11-13H,4-10H2,1-3H3,(H,17,18). The van der Waals surface area contributed by atoms with Crippen LogP contribution in [0.2, 0.25) is 0 Å². The highest BCUT2D eigenvalue weighted by molar-refractivity contribution is 5.78. The molecule has 18 heavy (non-hydrogen) atoms. The summed E-state index contributed by atoms with van der Waals surface area (Å²) in [6, 6.07) is 0.458. The maximum atomic E-state index is 11.7. The lowest BCUT2D eigenvalue weighted by Gasteiger charge is -2.51. The average Bonchev–Trinajstić information content (AvgIpc) is 2.31. The molecule has 1 saturated heterocycles. The maximum absolute atomic E-state index is 11.7. The fourth-order valence-electron chi connectivity index (χ4n) is 4.13. The zero-order chi connectivity index (χ0) is 13.3. The van der Waals surface area contributed by atoms with Crippen molar-refractivity contribution in [2.45, 2.75) is 70.9 Å². The molecule has 3 atom stereocenters. The van der Waals surface area contributed by atoms with Gasteiger partial charge in [0.05, 0.1) is 0 Å². The summed E-state index contributed by atoms with van der Waals surface area (Å²) in [5.41, 5.74) is -0.636. The normalized spacial score (nSPS) is 42.7. The SMILES string of the molecule is CC1CCCC(C)C1N1CCCCC1(C)C(=O)O. The third kappa shape index (κ3) is 2.29. The zero-order valence-electron chi connectivity index (χ0n) is 12.0. The predicted molar refractivity (Wildman–Crippen MR) is 72.6 cm³/mol. The molecule has 2 fully saturated rings. The van der Waals surface area contributed by atoms with Crippen molar-refractivity contribution in [2.75, 3.05) is 6.54 Å². The second-order valence-electron chi connectivity index (χ2n) is 6.61. The minimum atomic E-state index is -0.636. The van der Waals surface area contributed by atoms with Crippen molar-refractivity contribution >= 4 is 5.97 Å². The Balaban J connectivity index is 2.25. The van der Waals surface area contributed by atoms with Crippen LogP contribution in [0.15, 0.2) is 0 Å². The molecule has 1 heterocycles. The molecule has 0 amide bonds. The van der Waals surface area contributed by atoms with Crippen LogP contribution in [-0.2, 0) is 4.79 Å². The van der Waals surface area contributed by atoms with Crippen LogP contribution in [0.25, 0.3) is 0 Å². The van der Waals surface area contributed by atoms with Gasteiger partial charge in [-0.05, 0) is 57.4 Å². The minimum Gasteiger partial charge on any atom is -0.480 e. The second kappa shape index (κ2) is 5.20. The first kappa shape index (κ1) is 13.9. The minimum absolute atomic E-state index is 0.458. The number of carboxylic acids is 1. The molecule has 2 aliphatic rings. The van der Waals surface area contributed by atoms with E-state index in [1.54, 1.807) is 0 Å². The van der Waals surface area contributed by atoms with Crippen LogP contribution in [0, 0.1) is 11.8 Å². The van der Waals surface area contributed by atoms with Gasteiger partial charge < -0.3 is 5.11 Å². The summed E-state index contributed by atoms with van der Waals surface area (Å²) < 4.78 is 0. The van der Waals surface area contributed by atoms with E-state index < -0.39 is 11.5 Å². The Bertz CT molecular complexity index is 308. The van der Waals surface area contributed by atoms with Crippen LogP contribution >= 0.6 is 0 Å². The Hall–Kier alpha value is -0.570. The molecular formula is C15H27NO2. The van der Waals surface area contributed by atoms with Crippen LogP contribution in [0.4, 0.5) is 0 Å². The summed E-state index contributed by atoms with van der Waals surface area (Å²) in [6.45, 7) is 7.50. The van der Waals surface area contributed by atoms with E-state index >= 15 is 0 Å². The number of aliphatic carboxylic acids is 1. The largest absolute Gasteiger partial charge is 0.480 e. The summed E-state index contributed by atoms with van der Waals surface area (Å²) in [6.07, 6.45) is 6.81. The highest BCUT2D eigenvalue weighted by Gasteiger charge is 2.47. The first-order valence-electron chi connectivity index (χ1n) is 7.47. The van der Waals surface area contributed by atoms with Gasteiger partial charge in [-0.3, -0.25) is 9.69 Å². The van der Waals surface area contributed by atoms with E-state index in [1.165, 1.54) is 19.3 Å². The van der Waals surface area contributed by atoms with E-state index in [1.807, 2.05) is 6.92 Å². The first-order valence-corrected chi connectivity index (χ1v) is 7.47. The third-order valence-corrected chi connectivity index (χ3v) is 5.25. The summed E-state index contributed by atoms with van der Waals surface area (Å²) >= 11 is 0. The van der Waals surface area contributed by atoms with E-state index in [4.69, 9.17) is 0 Å². The number of hydrogen-bond donors (Lipinski definition) is 1. The summed E-state index contributed by atoms with van der Waals surface area (Å²) in [7, 11) is 0. The molecule has 1 saturated carbocycles. The molecule has 3 heteroatoms. The molecule has 1 aliphatic carbocycles. The molecule has 0 spiro atoms. The number of carbonyl (C=O) groups is 1. The van der Waals surface area contributed by atoms with Gasteiger partial charge in [0.1, 0.15) is 5.54 Å². The lowest BCUT2D eigenvalue weighted by atomic mass is 9.74. The smallest absolute Gasteiger partial charge is 0.323 e. The predicted octanol–water partition coefficient (Wildman–Crippen LogP) is 3.14. The molecule has 0 bridgehead atoms. The highest BCUT2D eigenvalue weighted by Crippen LogP contribution is 2.39. The number of carboxylic acid groups (broad SMARTS) is 1. The Labute approximate surface area is 111 Å². The van der Waals surface area contributed by atoms with E-state index in [9.17, 15) is 9.90 Å². The van der Waals surface area contributed by atoms with Gasteiger partial charge in [0.25, 0.3) is 0 Å². The highest BCUT2D eigenvalue weighted by atomic mass is 16.4. The quantitative estimate of drug-likeness (QED) is 0.822. The average molecular weight is 253 g/mol. The Kier molecular flexibility index (Phi) is 4.00. The molecule has 0 aromatic heterocycles. The van der Waals surface area contributed by atoms with Crippen molar-refractivity contribution in [2.24, 2.45) is 11.8 Å². The summed E-state index contributed by atoms with van der Waals surface area (Å²) in [5, 5.41) is 9.63. The number of rotatable bonds is 2.